The molecule has 0 N–H and O–H groups in total. The second kappa shape index (κ2) is 8.17. The van der Waals surface area contributed by atoms with E-state index >= 15 is 0 Å². The van der Waals surface area contributed by atoms with Crippen LogP contribution < -0.4 is 0 Å². The lowest BCUT2D eigenvalue weighted by molar-refractivity contribution is -0.143. The number of Topliss-reactive ketones (excluding diaryl/α,β-unsaturated/α-hetero) is 1. The highest BCUT2D eigenvalue weighted by atomic mass is 19.3. The number of ether oxygens (including phenoxy) is 3. The first-order valence-electron chi connectivity index (χ1n) is 8.18. The van der Waals surface area contributed by atoms with Crippen LogP contribution >= 0.6 is 0 Å². The Hall–Kier alpha value is -1.94. The van der Waals surface area contributed by atoms with Gasteiger partial charge in [-0.25, -0.2) is 4.68 Å². The Bertz CT molecular complexity index is 664. The largest absolute Gasteiger partial charge is 0.469 e. The number of carbonyl (C=O) groups excluding carboxylic acids is 2. The van der Waals surface area contributed by atoms with E-state index in [2.05, 4.69) is 15.0 Å². The average Bonchev–Trinajstić information content (AvgIpc) is 2.99. The Morgan fingerprint density at radius 3 is 2.50 bits per heavy atom. The summed E-state index contributed by atoms with van der Waals surface area (Å²) in [6, 6.07) is 0. The highest BCUT2D eigenvalue weighted by Crippen LogP contribution is 2.44. The number of ketones is 1. The summed E-state index contributed by atoms with van der Waals surface area (Å²) in [5.74, 6) is -5.37. The van der Waals surface area contributed by atoms with Crippen molar-refractivity contribution in [1.82, 2.24) is 15.0 Å². The number of halogens is 2. The molecule has 0 spiro atoms. The molecular formula is C16H23F2N3O5. The summed E-state index contributed by atoms with van der Waals surface area (Å²) in [6.07, 6.45) is -2.51. The number of rotatable bonds is 6. The molecule has 1 aliphatic rings. The summed E-state index contributed by atoms with van der Waals surface area (Å²) in [4.78, 5) is 23.7. The first-order valence-corrected chi connectivity index (χ1v) is 8.18. The molecule has 0 bridgehead atoms. The molecule has 0 aliphatic heterocycles. The Kier molecular flexibility index (Phi) is 6.40. The highest BCUT2D eigenvalue weighted by Gasteiger charge is 2.48. The molecule has 0 saturated heterocycles. The zero-order valence-corrected chi connectivity index (χ0v) is 15.2. The zero-order chi connectivity index (χ0) is 19.5. The standard InChI is InChI=1S/C16H23F2N3O5/c1-21-13-14(26-4)11(24-2)7-9(10(22)5-6-12(23)25-3)8-16(17,18)15(13)19-20-21/h9,11,14H,5-8H2,1-4H3/t9?,11-,14+/m0/s1. The lowest BCUT2D eigenvalue weighted by Gasteiger charge is -2.33. The van der Waals surface area contributed by atoms with Crippen molar-refractivity contribution in [2.75, 3.05) is 21.3 Å². The Morgan fingerprint density at radius 1 is 1.23 bits per heavy atom. The van der Waals surface area contributed by atoms with E-state index in [0.717, 1.165) is 0 Å². The van der Waals surface area contributed by atoms with Crippen molar-refractivity contribution in [3.63, 3.8) is 0 Å². The first-order chi connectivity index (χ1) is 12.2. The van der Waals surface area contributed by atoms with Crippen molar-refractivity contribution in [1.29, 1.82) is 0 Å². The number of carbonyl (C=O) groups is 2. The van der Waals surface area contributed by atoms with E-state index in [-0.39, 0.29) is 25.0 Å². The molecule has 10 heteroatoms. The monoisotopic (exact) mass is 375 g/mol. The molecule has 1 aromatic rings. The van der Waals surface area contributed by atoms with E-state index < -0.39 is 47.9 Å². The number of hydrogen-bond acceptors (Lipinski definition) is 7. The number of hydrogen-bond donors (Lipinski definition) is 0. The SMILES string of the molecule is COC(=O)CCC(=O)C1C[C@H](OC)[C@@H](OC)c2c(nnn2C)C(F)(F)C1. The normalized spacial score (nSPS) is 25.1. The second-order valence-corrected chi connectivity index (χ2v) is 6.26. The zero-order valence-electron chi connectivity index (χ0n) is 15.2. The lowest BCUT2D eigenvalue weighted by atomic mass is 9.82. The van der Waals surface area contributed by atoms with Gasteiger partial charge in [-0.15, -0.1) is 5.10 Å². The molecule has 0 aromatic carbocycles. The minimum atomic E-state index is -3.36. The van der Waals surface area contributed by atoms with E-state index in [1.165, 1.54) is 33.1 Å². The van der Waals surface area contributed by atoms with Gasteiger partial charge in [0.05, 0.1) is 25.3 Å². The van der Waals surface area contributed by atoms with Gasteiger partial charge >= 0.3 is 5.97 Å². The van der Waals surface area contributed by atoms with Gasteiger partial charge in [0.1, 0.15) is 11.9 Å². The van der Waals surface area contributed by atoms with Crippen molar-refractivity contribution >= 4 is 11.8 Å². The fourth-order valence-corrected chi connectivity index (χ4v) is 3.27. The third kappa shape index (κ3) is 4.07. The molecule has 0 radical (unpaired) electrons. The number of fused-ring (bicyclic) bond motifs is 1. The number of aromatic nitrogens is 3. The Balaban J connectivity index is 2.36. The fraction of sp³-hybridized carbons (Fsp3) is 0.750. The summed E-state index contributed by atoms with van der Waals surface area (Å²) in [5.41, 5.74) is -0.385. The second-order valence-electron chi connectivity index (χ2n) is 6.26. The quantitative estimate of drug-likeness (QED) is 0.697. The maximum Gasteiger partial charge on any atom is 0.305 e. The fourth-order valence-electron chi connectivity index (χ4n) is 3.27. The van der Waals surface area contributed by atoms with Crippen LogP contribution in [0.4, 0.5) is 8.78 Å². The Morgan fingerprint density at radius 2 is 1.92 bits per heavy atom. The van der Waals surface area contributed by atoms with Crippen LogP contribution in [0.15, 0.2) is 0 Å². The summed E-state index contributed by atoms with van der Waals surface area (Å²) in [5, 5.41) is 7.29. The van der Waals surface area contributed by atoms with Gasteiger partial charge in [-0.3, -0.25) is 9.59 Å². The maximum atomic E-state index is 14.8. The molecular weight excluding hydrogens is 352 g/mol. The minimum Gasteiger partial charge on any atom is -0.469 e. The van der Waals surface area contributed by atoms with Crippen LogP contribution in [0.25, 0.3) is 0 Å². The van der Waals surface area contributed by atoms with Crippen molar-refractivity contribution in [2.45, 2.75) is 43.8 Å². The van der Waals surface area contributed by atoms with Crippen molar-refractivity contribution < 1.29 is 32.6 Å². The summed E-state index contributed by atoms with van der Waals surface area (Å²) in [7, 11) is 5.51. The molecule has 8 nitrogen and oxygen atoms in total. The molecule has 26 heavy (non-hydrogen) atoms. The van der Waals surface area contributed by atoms with Gasteiger partial charge < -0.3 is 14.2 Å². The van der Waals surface area contributed by atoms with Crippen LogP contribution in [0.1, 0.15) is 43.2 Å². The van der Waals surface area contributed by atoms with Crippen molar-refractivity contribution in [3.8, 4) is 0 Å². The van der Waals surface area contributed by atoms with Gasteiger partial charge in [0, 0.05) is 40.0 Å². The third-order valence-corrected chi connectivity index (χ3v) is 4.66. The summed E-state index contributed by atoms with van der Waals surface area (Å²) in [6.45, 7) is 0. The summed E-state index contributed by atoms with van der Waals surface area (Å²) >= 11 is 0. The van der Waals surface area contributed by atoms with Gasteiger partial charge in [-0.1, -0.05) is 5.21 Å². The first kappa shape index (κ1) is 20.4. The average molecular weight is 375 g/mol. The molecule has 1 aromatic heterocycles. The topological polar surface area (TPSA) is 92.5 Å². The van der Waals surface area contributed by atoms with Crippen molar-refractivity contribution in [3.05, 3.63) is 11.4 Å². The molecule has 2 rings (SSSR count). The Labute approximate surface area is 149 Å². The molecule has 146 valence electrons. The van der Waals surface area contributed by atoms with E-state index in [1.54, 1.807) is 0 Å². The van der Waals surface area contributed by atoms with Gasteiger partial charge in [0.2, 0.25) is 0 Å². The molecule has 1 aliphatic carbocycles. The van der Waals surface area contributed by atoms with Gasteiger partial charge in [-0.2, -0.15) is 8.78 Å². The molecule has 0 saturated carbocycles. The van der Waals surface area contributed by atoms with E-state index in [1.807, 2.05) is 0 Å². The van der Waals surface area contributed by atoms with Crippen LogP contribution in [0, 0.1) is 5.92 Å². The van der Waals surface area contributed by atoms with Crippen LogP contribution in [0.2, 0.25) is 0 Å². The van der Waals surface area contributed by atoms with E-state index in [4.69, 9.17) is 9.47 Å². The molecule has 0 amide bonds. The van der Waals surface area contributed by atoms with Crippen LogP contribution in [0.5, 0.6) is 0 Å². The number of nitrogens with zero attached hydrogens (tertiary/aromatic N) is 3. The van der Waals surface area contributed by atoms with Crippen molar-refractivity contribution in [2.24, 2.45) is 13.0 Å². The highest BCUT2D eigenvalue weighted by molar-refractivity contribution is 5.84. The predicted octanol–water partition coefficient (Wildman–Crippen LogP) is 1.54. The van der Waals surface area contributed by atoms with Gasteiger partial charge in [-0.05, 0) is 6.42 Å². The van der Waals surface area contributed by atoms with Gasteiger partial charge in [0.25, 0.3) is 5.92 Å². The third-order valence-electron chi connectivity index (χ3n) is 4.66. The van der Waals surface area contributed by atoms with E-state index in [0.29, 0.717) is 0 Å². The van der Waals surface area contributed by atoms with Crippen LogP contribution in [0.3, 0.4) is 0 Å². The number of aryl methyl sites for hydroxylation is 1. The molecule has 1 unspecified atom stereocenters. The van der Waals surface area contributed by atoms with Crippen LogP contribution in [-0.4, -0.2) is 54.2 Å². The molecule has 0 fully saturated rings. The number of methoxy groups -OCH3 is 3. The lowest BCUT2D eigenvalue weighted by Crippen LogP contribution is -2.37. The maximum absolute atomic E-state index is 14.8. The number of alkyl halides is 2. The predicted molar refractivity (Wildman–Crippen MR) is 84.4 cm³/mol. The minimum absolute atomic E-state index is 0.0369. The summed E-state index contributed by atoms with van der Waals surface area (Å²) < 4.78 is 46.2. The van der Waals surface area contributed by atoms with Crippen LogP contribution in [-0.2, 0) is 36.8 Å². The number of esters is 1. The smallest absolute Gasteiger partial charge is 0.305 e. The van der Waals surface area contributed by atoms with E-state index in [9.17, 15) is 18.4 Å². The molecule has 3 atom stereocenters. The molecule has 1 heterocycles. The van der Waals surface area contributed by atoms with Gasteiger partial charge in [0.15, 0.2) is 5.69 Å².